The zero-order valence-electron chi connectivity index (χ0n) is 15.6. The first kappa shape index (κ1) is 17.4. The Labute approximate surface area is 158 Å². The van der Waals surface area contributed by atoms with Crippen LogP contribution in [0.2, 0.25) is 0 Å². The number of piperidine rings is 1. The second kappa shape index (κ2) is 7.69. The number of pyridine rings is 1. The van der Waals surface area contributed by atoms with Crippen LogP contribution in [-0.4, -0.2) is 44.2 Å². The summed E-state index contributed by atoms with van der Waals surface area (Å²) in [7, 11) is 0. The summed E-state index contributed by atoms with van der Waals surface area (Å²) < 4.78 is 5.31. The number of hydrogen-bond acceptors (Lipinski definition) is 8. The van der Waals surface area contributed by atoms with E-state index in [0.717, 1.165) is 55.2 Å². The molecule has 3 aromatic heterocycles. The fourth-order valence-electron chi connectivity index (χ4n) is 3.30. The molecule has 0 atom stereocenters. The van der Waals surface area contributed by atoms with E-state index in [-0.39, 0.29) is 0 Å². The molecule has 0 spiro atoms. The molecule has 1 aliphatic heterocycles. The van der Waals surface area contributed by atoms with Gasteiger partial charge in [-0.3, -0.25) is 0 Å². The first-order valence-electron chi connectivity index (χ1n) is 9.31. The molecule has 27 heavy (non-hydrogen) atoms. The topological polar surface area (TPSA) is 92.9 Å². The summed E-state index contributed by atoms with van der Waals surface area (Å²) in [6.45, 7) is 5.81. The summed E-state index contributed by atoms with van der Waals surface area (Å²) in [6, 6.07) is 6.25. The van der Waals surface area contributed by atoms with Crippen LogP contribution in [0.5, 0.6) is 0 Å². The van der Waals surface area contributed by atoms with E-state index in [1.54, 1.807) is 12.5 Å². The van der Waals surface area contributed by atoms with Gasteiger partial charge in [-0.05, 0) is 38.3 Å². The smallest absolute Gasteiger partial charge is 0.261 e. The van der Waals surface area contributed by atoms with Gasteiger partial charge < -0.3 is 14.7 Å². The predicted molar refractivity (Wildman–Crippen MR) is 103 cm³/mol. The van der Waals surface area contributed by atoms with Gasteiger partial charge in [0.05, 0.1) is 5.56 Å². The van der Waals surface area contributed by atoms with E-state index in [4.69, 9.17) is 4.52 Å². The first-order chi connectivity index (χ1) is 13.2. The van der Waals surface area contributed by atoms with Gasteiger partial charge in [0.25, 0.3) is 5.89 Å². The maximum Gasteiger partial charge on any atom is 0.261 e. The molecule has 4 rings (SSSR count). The number of nitrogens with zero attached hydrogens (tertiary/aromatic N) is 6. The van der Waals surface area contributed by atoms with E-state index in [1.807, 2.05) is 19.1 Å². The van der Waals surface area contributed by atoms with E-state index >= 15 is 0 Å². The molecule has 1 saturated heterocycles. The fourth-order valence-corrected chi connectivity index (χ4v) is 3.30. The fraction of sp³-hybridized carbons (Fsp3) is 0.421. The van der Waals surface area contributed by atoms with Crippen LogP contribution in [0.1, 0.15) is 31.3 Å². The minimum atomic E-state index is 0.339. The molecule has 0 unspecified atom stereocenters. The molecule has 4 heterocycles. The van der Waals surface area contributed by atoms with E-state index in [0.29, 0.717) is 17.8 Å². The first-order valence-corrected chi connectivity index (χ1v) is 9.31. The Bertz CT molecular complexity index is 902. The van der Waals surface area contributed by atoms with E-state index in [2.05, 4.69) is 48.3 Å². The number of rotatable bonds is 5. The Morgan fingerprint density at radius 3 is 2.81 bits per heavy atom. The molecule has 1 N–H and O–H groups in total. The third-order valence-corrected chi connectivity index (χ3v) is 4.80. The third-order valence-electron chi connectivity index (χ3n) is 4.80. The molecule has 8 heteroatoms. The summed E-state index contributed by atoms with van der Waals surface area (Å²) in [4.78, 5) is 19.8. The Morgan fingerprint density at radius 2 is 2.07 bits per heavy atom. The van der Waals surface area contributed by atoms with Crippen molar-refractivity contribution < 1.29 is 4.52 Å². The average molecular weight is 365 g/mol. The van der Waals surface area contributed by atoms with E-state index in [9.17, 15) is 0 Å². The maximum absolute atomic E-state index is 5.31. The molecule has 1 fully saturated rings. The summed E-state index contributed by atoms with van der Waals surface area (Å²) in [5.74, 6) is 2.91. The molecule has 3 aromatic rings. The van der Waals surface area contributed by atoms with Gasteiger partial charge in [0.15, 0.2) is 5.82 Å². The van der Waals surface area contributed by atoms with Crippen LogP contribution in [-0.2, 0) is 6.42 Å². The van der Waals surface area contributed by atoms with Gasteiger partial charge in [-0.25, -0.2) is 15.0 Å². The molecule has 0 saturated carbocycles. The second-order valence-corrected chi connectivity index (χ2v) is 6.67. The van der Waals surface area contributed by atoms with Crippen molar-refractivity contribution in [3.8, 4) is 11.5 Å². The summed E-state index contributed by atoms with van der Waals surface area (Å²) in [5, 5.41) is 7.43. The second-order valence-electron chi connectivity index (χ2n) is 6.67. The van der Waals surface area contributed by atoms with Crippen molar-refractivity contribution in [2.75, 3.05) is 23.3 Å². The highest BCUT2D eigenvalue weighted by atomic mass is 16.5. The third kappa shape index (κ3) is 3.89. The van der Waals surface area contributed by atoms with Gasteiger partial charge >= 0.3 is 0 Å². The molecule has 0 aromatic carbocycles. The highest BCUT2D eigenvalue weighted by Gasteiger charge is 2.22. The van der Waals surface area contributed by atoms with E-state index < -0.39 is 0 Å². The normalized spacial score (nSPS) is 15.1. The lowest BCUT2D eigenvalue weighted by Crippen LogP contribution is -2.39. The van der Waals surface area contributed by atoms with Gasteiger partial charge in [0, 0.05) is 37.1 Å². The van der Waals surface area contributed by atoms with Gasteiger partial charge in [-0.1, -0.05) is 12.1 Å². The number of aromatic nitrogens is 5. The highest BCUT2D eigenvalue weighted by molar-refractivity contribution is 5.68. The molecule has 0 bridgehead atoms. The van der Waals surface area contributed by atoms with Crippen molar-refractivity contribution in [1.82, 2.24) is 25.1 Å². The zero-order valence-corrected chi connectivity index (χ0v) is 15.6. The van der Waals surface area contributed by atoms with Crippen LogP contribution in [0, 0.1) is 6.92 Å². The number of anilines is 2. The number of hydrogen-bond donors (Lipinski definition) is 1. The summed E-state index contributed by atoms with van der Waals surface area (Å²) >= 11 is 0. The van der Waals surface area contributed by atoms with Crippen LogP contribution in [0.4, 0.5) is 11.6 Å². The van der Waals surface area contributed by atoms with Crippen molar-refractivity contribution in [1.29, 1.82) is 0 Å². The van der Waals surface area contributed by atoms with Gasteiger partial charge in [-0.15, -0.1) is 0 Å². The van der Waals surface area contributed by atoms with Crippen molar-refractivity contribution in [3.63, 3.8) is 0 Å². The van der Waals surface area contributed by atoms with Crippen molar-refractivity contribution in [2.24, 2.45) is 0 Å². The van der Waals surface area contributed by atoms with E-state index in [1.165, 1.54) is 0 Å². The summed E-state index contributed by atoms with van der Waals surface area (Å²) in [6.07, 6.45) is 6.36. The lowest BCUT2D eigenvalue weighted by molar-refractivity contribution is 0.425. The van der Waals surface area contributed by atoms with Crippen molar-refractivity contribution in [3.05, 3.63) is 42.2 Å². The average Bonchev–Trinajstić information content (AvgIpc) is 3.15. The molecule has 0 radical (unpaired) electrons. The highest BCUT2D eigenvalue weighted by Crippen LogP contribution is 2.27. The zero-order chi connectivity index (χ0) is 18.6. The van der Waals surface area contributed by atoms with Crippen molar-refractivity contribution >= 4 is 11.6 Å². The van der Waals surface area contributed by atoms with Gasteiger partial charge in [0.1, 0.15) is 18.0 Å². The van der Waals surface area contributed by atoms with Crippen LogP contribution in [0.3, 0.4) is 0 Å². The molecule has 1 aliphatic rings. The lowest BCUT2D eigenvalue weighted by Gasteiger charge is -2.33. The largest absolute Gasteiger partial charge is 0.367 e. The quantitative estimate of drug-likeness (QED) is 0.738. The Balaban J connectivity index is 1.43. The van der Waals surface area contributed by atoms with Crippen LogP contribution >= 0.6 is 0 Å². The molecule has 0 aliphatic carbocycles. The SMILES string of the molecule is CCc1cc(N2CCC(Nc3ncccc3-c3nc(C)no3)CC2)ncn1. The number of aryl methyl sites for hydroxylation is 2. The monoisotopic (exact) mass is 365 g/mol. The predicted octanol–water partition coefficient (Wildman–Crippen LogP) is 2.87. The molecular formula is C19H23N7O. The number of nitrogens with one attached hydrogen (secondary N) is 1. The maximum atomic E-state index is 5.31. The van der Waals surface area contributed by atoms with Crippen LogP contribution < -0.4 is 10.2 Å². The molecule has 0 amide bonds. The van der Waals surface area contributed by atoms with Crippen LogP contribution in [0.25, 0.3) is 11.5 Å². The molecule has 140 valence electrons. The van der Waals surface area contributed by atoms with Gasteiger partial charge in [-0.2, -0.15) is 4.98 Å². The van der Waals surface area contributed by atoms with Crippen LogP contribution in [0.15, 0.2) is 35.2 Å². The lowest BCUT2D eigenvalue weighted by atomic mass is 10.0. The summed E-state index contributed by atoms with van der Waals surface area (Å²) in [5.41, 5.74) is 1.91. The Hall–Kier alpha value is -3.03. The minimum Gasteiger partial charge on any atom is -0.367 e. The van der Waals surface area contributed by atoms with Gasteiger partial charge in [0.2, 0.25) is 0 Å². The standard InChI is InChI=1S/C19H23N7O/c1-3-14-11-17(22-12-21-14)26-9-6-15(7-10-26)24-18-16(5-4-8-20-18)19-23-13(2)25-27-19/h4-5,8,11-12,15H,3,6-7,9-10H2,1-2H3,(H,20,24). The molecule has 8 nitrogen and oxygen atoms in total. The molecular weight excluding hydrogens is 342 g/mol. The minimum absolute atomic E-state index is 0.339. The Morgan fingerprint density at radius 1 is 1.22 bits per heavy atom. The van der Waals surface area contributed by atoms with Crippen molar-refractivity contribution in [2.45, 2.75) is 39.2 Å². The Kier molecular flexibility index (Phi) is 4.95.